The van der Waals surface area contributed by atoms with Crippen molar-refractivity contribution in [2.75, 3.05) is 26.8 Å². The Kier molecular flexibility index (Phi) is 5.08. The monoisotopic (exact) mass is 342 g/mol. The van der Waals surface area contributed by atoms with E-state index in [0.29, 0.717) is 30.0 Å². The molecule has 1 fully saturated rings. The molecule has 1 aliphatic rings. The predicted octanol–water partition coefficient (Wildman–Crippen LogP) is 1.25. The molecule has 0 aromatic carbocycles. The lowest BCUT2D eigenvalue weighted by molar-refractivity contribution is -0.145. The summed E-state index contributed by atoms with van der Waals surface area (Å²) in [5, 5.41) is 0. The third-order valence-corrected chi connectivity index (χ3v) is 3.42. The van der Waals surface area contributed by atoms with Gasteiger partial charge in [-0.15, -0.1) is 0 Å². The molecule has 0 N–H and O–H groups in total. The van der Waals surface area contributed by atoms with Gasteiger partial charge in [0.1, 0.15) is 10.3 Å². The number of methoxy groups -OCH3 is 1. The molecule has 0 saturated carbocycles. The summed E-state index contributed by atoms with van der Waals surface area (Å²) in [6.45, 7) is 1.26. The largest absolute Gasteiger partial charge is 0.469 e. The van der Waals surface area contributed by atoms with E-state index in [1.165, 1.54) is 7.11 Å². The lowest BCUT2D eigenvalue weighted by Crippen LogP contribution is -2.46. The maximum Gasteiger partial charge on any atom is 0.308 e. The number of carbonyl (C=O) groups is 2. The quantitative estimate of drug-likeness (QED) is 0.610. The SMILES string of the molecule is COC(=O)CC1CN(C(=O)c2cccc(Br)n2)CCO1. The first-order valence-corrected chi connectivity index (χ1v) is 6.99. The normalized spacial score (nSPS) is 18.7. The zero-order valence-corrected chi connectivity index (χ0v) is 12.6. The third kappa shape index (κ3) is 3.77. The summed E-state index contributed by atoms with van der Waals surface area (Å²) in [5.41, 5.74) is 0.373. The fourth-order valence-electron chi connectivity index (χ4n) is 1.99. The first-order chi connectivity index (χ1) is 9.60. The fourth-order valence-corrected chi connectivity index (χ4v) is 2.33. The van der Waals surface area contributed by atoms with Crippen molar-refractivity contribution in [3.05, 3.63) is 28.5 Å². The van der Waals surface area contributed by atoms with Gasteiger partial charge in [0.2, 0.25) is 0 Å². The Labute approximate surface area is 125 Å². The summed E-state index contributed by atoms with van der Waals surface area (Å²) in [6, 6.07) is 5.19. The topological polar surface area (TPSA) is 68.7 Å². The Morgan fingerprint density at radius 2 is 2.35 bits per heavy atom. The van der Waals surface area contributed by atoms with Crippen LogP contribution in [0.25, 0.3) is 0 Å². The van der Waals surface area contributed by atoms with Crippen molar-refractivity contribution in [3.63, 3.8) is 0 Å². The smallest absolute Gasteiger partial charge is 0.308 e. The van der Waals surface area contributed by atoms with Gasteiger partial charge in [-0.25, -0.2) is 4.98 Å². The van der Waals surface area contributed by atoms with E-state index in [1.54, 1.807) is 23.1 Å². The molecule has 1 aliphatic heterocycles. The molecular weight excluding hydrogens is 328 g/mol. The lowest BCUT2D eigenvalue weighted by atomic mass is 10.2. The van der Waals surface area contributed by atoms with E-state index in [0.717, 1.165) is 0 Å². The summed E-state index contributed by atoms with van der Waals surface area (Å²) in [6.07, 6.45) is -0.182. The molecular formula is C13H15BrN2O4. The number of pyridine rings is 1. The van der Waals surface area contributed by atoms with Crippen LogP contribution in [0, 0.1) is 0 Å². The zero-order valence-electron chi connectivity index (χ0n) is 11.0. The highest BCUT2D eigenvalue weighted by Gasteiger charge is 2.27. The van der Waals surface area contributed by atoms with Crippen molar-refractivity contribution in [2.24, 2.45) is 0 Å². The maximum absolute atomic E-state index is 12.3. The highest BCUT2D eigenvalue weighted by atomic mass is 79.9. The van der Waals surface area contributed by atoms with Gasteiger partial charge >= 0.3 is 5.97 Å². The molecule has 0 aliphatic carbocycles. The number of hydrogen-bond donors (Lipinski definition) is 0. The maximum atomic E-state index is 12.3. The average Bonchev–Trinajstić information content (AvgIpc) is 2.46. The summed E-state index contributed by atoms with van der Waals surface area (Å²) in [5.74, 6) is -0.505. The van der Waals surface area contributed by atoms with E-state index < -0.39 is 0 Å². The number of rotatable bonds is 3. The van der Waals surface area contributed by atoms with Crippen LogP contribution >= 0.6 is 15.9 Å². The van der Waals surface area contributed by atoms with Gasteiger partial charge in [0.05, 0.1) is 26.2 Å². The summed E-state index contributed by atoms with van der Waals surface area (Å²) in [4.78, 5) is 29.4. The number of halogens is 1. The van der Waals surface area contributed by atoms with Gasteiger partial charge < -0.3 is 14.4 Å². The van der Waals surface area contributed by atoms with Crippen molar-refractivity contribution < 1.29 is 19.1 Å². The first-order valence-electron chi connectivity index (χ1n) is 6.20. The van der Waals surface area contributed by atoms with Crippen LogP contribution in [0.4, 0.5) is 0 Å². The van der Waals surface area contributed by atoms with E-state index in [-0.39, 0.29) is 24.4 Å². The Bertz CT molecular complexity index is 509. The molecule has 108 valence electrons. The number of amides is 1. The van der Waals surface area contributed by atoms with Crippen molar-refractivity contribution >= 4 is 27.8 Å². The van der Waals surface area contributed by atoms with Gasteiger partial charge in [-0.05, 0) is 28.1 Å². The highest BCUT2D eigenvalue weighted by Crippen LogP contribution is 2.14. The van der Waals surface area contributed by atoms with Crippen molar-refractivity contribution in [2.45, 2.75) is 12.5 Å². The van der Waals surface area contributed by atoms with Gasteiger partial charge in [-0.1, -0.05) is 6.07 Å². The Morgan fingerprint density at radius 3 is 3.05 bits per heavy atom. The van der Waals surface area contributed by atoms with Crippen LogP contribution in [0.1, 0.15) is 16.9 Å². The molecule has 0 radical (unpaired) electrons. The van der Waals surface area contributed by atoms with E-state index in [9.17, 15) is 9.59 Å². The molecule has 2 heterocycles. The van der Waals surface area contributed by atoms with Crippen molar-refractivity contribution in [1.82, 2.24) is 9.88 Å². The Hall–Kier alpha value is -1.47. The molecule has 7 heteroatoms. The zero-order chi connectivity index (χ0) is 14.5. The molecule has 1 unspecified atom stereocenters. The number of ether oxygens (including phenoxy) is 2. The molecule has 2 rings (SSSR count). The number of carbonyl (C=O) groups excluding carboxylic acids is 2. The van der Waals surface area contributed by atoms with Crippen LogP contribution in [0.5, 0.6) is 0 Å². The molecule has 1 saturated heterocycles. The van der Waals surface area contributed by atoms with E-state index in [2.05, 4.69) is 25.7 Å². The average molecular weight is 343 g/mol. The second-order valence-electron chi connectivity index (χ2n) is 4.37. The molecule has 1 aromatic rings. The minimum atomic E-state index is -0.343. The van der Waals surface area contributed by atoms with E-state index in [1.807, 2.05) is 0 Å². The molecule has 0 spiro atoms. The van der Waals surface area contributed by atoms with Crippen molar-refractivity contribution in [3.8, 4) is 0 Å². The first kappa shape index (κ1) is 14.9. The number of nitrogens with zero attached hydrogens (tertiary/aromatic N) is 2. The molecule has 1 atom stereocenters. The van der Waals surface area contributed by atoms with E-state index >= 15 is 0 Å². The molecule has 1 aromatic heterocycles. The minimum absolute atomic E-state index is 0.145. The number of esters is 1. The summed E-state index contributed by atoms with van der Waals surface area (Å²) in [7, 11) is 1.33. The van der Waals surface area contributed by atoms with Crippen LogP contribution in [0.2, 0.25) is 0 Å². The van der Waals surface area contributed by atoms with Gasteiger partial charge in [0.25, 0.3) is 5.91 Å². The highest BCUT2D eigenvalue weighted by molar-refractivity contribution is 9.10. The Morgan fingerprint density at radius 1 is 1.55 bits per heavy atom. The van der Waals surface area contributed by atoms with E-state index in [4.69, 9.17) is 4.74 Å². The summed E-state index contributed by atoms with van der Waals surface area (Å²) >= 11 is 3.24. The van der Waals surface area contributed by atoms with Crippen molar-refractivity contribution in [1.29, 1.82) is 0 Å². The van der Waals surface area contributed by atoms with Gasteiger partial charge in [0, 0.05) is 13.1 Å². The van der Waals surface area contributed by atoms with Gasteiger partial charge in [-0.2, -0.15) is 0 Å². The standard InChI is InChI=1S/C13H15BrN2O4/c1-19-12(17)7-9-8-16(5-6-20-9)13(18)10-3-2-4-11(14)15-10/h2-4,9H,5-8H2,1H3. The van der Waals surface area contributed by atoms with Crippen LogP contribution in [0.15, 0.2) is 22.8 Å². The lowest BCUT2D eigenvalue weighted by Gasteiger charge is -2.32. The number of morpholine rings is 1. The fraction of sp³-hybridized carbons (Fsp3) is 0.462. The van der Waals surface area contributed by atoms with Crippen LogP contribution in [0.3, 0.4) is 0 Å². The van der Waals surface area contributed by atoms with Gasteiger partial charge in [-0.3, -0.25) is 9.59 Å². The molecule has 6 nitrogen and oxygen atoms in total. The van der Waals surface area contributed by atoms with Crippen LogP contribution < -0.4 is 0 Å². The Balaban J connectivity index is 2.01. The third-order valence-electron chi connectivity index (χ3n) is 2.98. The van der Waals surface area contributed by atoms with Crippen LogP contribution in [-0.4, -0.2) is 54.7 Å². The second-order valence-corrected chi connectivity index (χ2v) is 5.18. The van der Waals surface area contributed by atoms with Crippen LogP contribution in [-0.2, 0) is 14.3 Å². The number of hydrogen-bond acceptors (Lipinski definition) is 5. The second kappa shape index (κ2) is 6.81. The predicted molar refractivity (Wildman–Crippen MR) is 74.2 cm³/mol. The molecule has 1 amide bonds. The molecule has 0 bridgehead atoms. The summed E-state index contributed by atoms with van der Waals surface area (Å²) < 4.78 is 10.7. The van der Waals surface area contributed by atoms with Gasteiger partial charge in [0.15, 0.2) is 0 Å². The number of aromatic nitrogens is 1. The minimum Gasteiger partial charge on any atom is -0.469 e. The molecule has 20 heavy (non-hydrogen) atoms.